The molecular weight excluding hydrogens is 264 g/mol. The topological polar surface area (TPSA) is 72.0 Å². The number of nitrogens with one attached hydrogen (secondary N) is 1. The van der Waals surface area contributed by atoms with Gasteiger partial charge in [-0.1, -0.05) is 0 Å². The Morgan fingerprint density at radius 3 is 2.30 bits per heavy atom. The second-order valence-corrected chi connectivity index (χ2v) is 4.34. The van der Waals surface area contributed by atoms with Gasteiger partial charge in [0.25, 0.3) is 0 Å². The van der Waals surface area contributed by atoms with E-state index in [1.807, 2.05) is 0 Å². The van der Waals surface area contributed by atoms with Gasteiger partial charge in [0.05, 0.1) is 11.3 Å². The average Bonchev–Trinajstić information content (AvgIpc) is 2.25. The molecular formula is C14H13F2N3O. The number of benzene rings is 1. The van der Waals surface area contributed by atoms with E-state index in [2.05, 4.69) is 4.98 Å². The molecule has 1 heterocycles. The van der Waals surface area contributed by atoms with Crippen LogP contribution in [0.2, 0.25) is 0 Å². The summed E-state index contributed by atoms with van der Waals surface area (Å²) in [6.07, 6.45) is 0. The molecule has 0 saturated carbocycles. The first kappa shape index (κ1) is 13.9. The molecule has 6 heteroatoms. The molecule has 0 aliphatic rings. The number of aryl methyl sites for hydroxylation is 2. The van der Waals surface area contributed by atoms with Crippen molar-refractivity contribution in [3.05, 3.63) is 52.9 Å². The van der Waals surface area contributed by atoms with E-state index in [1.54, 1.807) is 19.9 Å². The summed E-state index contributed by atoms with van der Waals surface area (Å²) in [5.41, 5.74) is 6.97. The van der Waals surface area contributed by atoms with Gasteiger partial charge in [-0.15, -0.1) is 0 Å². The molecule has 0 unspecified atom stereocenters. The van der Waals surface area contributed by atoms with Gasteiger partial charge in [-0.2, -0.15) is 0 Å². The molecule has 0 radical (unpaired) electrons. The van der Waals surface area contributed by atoms with Gasteiger partial charge in [-0.25, -0.2) is 8.78 Å². The molecule has 104 valence electrons. The Balaban J connectivity index is 2.49. The Bertz CT molecular complexity index is 666. The minimum Gasteiger partial charge on any atom is -0.456 e. The van der Waals surface area contributed by atoms with Gasteiger partial charge in [0.1, 0.15) is 29.0 Å². The number of nitrogen functional groups attached to an aromatic ring is 1. The Kier molecular flexibility index (Phi) is 3.65. The standard InChI is InChI=1S/C14H13F2N3O/c1-7-3-12(13(14(17)18)8(2)19-7)20-11-5-9(15)4-10(16)6-11/h3-6H,1-2H3,(H3,17,18). The first-order valence-corrected chi connectivity index (χ1v) is 5.83. The van der Waals surface area contributed by atoms with Gasteiger partial charge in [-0.3, -0.25) is 10.4 Å². The van der Waals surface area contributed by atoms with Gasteiger partial charge in [0.15, 0.2) is 0 Å². The normalized spacial score (nSPS) is 10.4. The van der Waals surface area contributed by atoms with Crippen molar-refractivity contribution in [3.8, 4) is 11.5 Å². The highest BCUT2D eigenvalue weighted by Crippen LogP contribution is 2.28. The number of amidine groups is 1. The first-order chi connectivity index (χ1) is 9.36. The molecule has 2 aromatic rings. The Hall–Kier alpha value is -2.50. The summed E-state index contributed by atoms with van der Waals surface area (Å²) in [6, 6.07) is 4.42. The van der Waals surface area contributed by atoms with E-state index in [0.29, 0.717) is 17.0 Å². The van der Waals surface area contributed by atoms with Gasteiger partial charge in [0.2, 0.25) is 0 Å². The third-order valence-corrected chi connectivity index (χ3v) is 2.63. The zero-order chi connectivity index (χ0) is 14.9. The second kappa shape index (κ2) is 5.24. The number of hydrogen-bond donors (Lipinski definition) is 2. The van der Waals surface area contributed by atoms with Gasteiger partial charge in [0, 0.05) is 30.0 Å². The largest absolute Gasteiger partial charge is 0.456 e. The molecule has 1 aromatic carbocycles. The molecule has 0 bridgehead atoms. The number of rotatable bonds is 3. The van der Waals surface area contributed by atoms with Crippen LogP contribution in [0, 0.1) is 30.9 Å². The van der Waals surface area contributed by atoms with E-state index in [0.717, 1.165) is 18.2 Å². The zero-order valence-corrected chi connectivity index (χ0v) is 11.0. The van der Waals surface area contributed by atoms with E-state index >= 15 is 0 Å². The summed E-state index contributed by atoms with van der Waals surface area (Å²) in [4.78, 5) is 4.18. The lowest BCUT2D eigenvalue weighted by Crippen LogP contribution is -2.15. The van der Waals surface area contributed by atoms with Crippen LogP contribution in [0.25, 0.3) is 0 Å². The molecule has 1 aromatic heterocycles. The van der Waals surface area contributed by atoms with Crippen LogP contribution < -0.4 is 10.5 Å². The van der Waals surface area contributed by atoms with Crippen LogP contribution >= 0.6 is 0 Å². The van der Waals surface area contributed by atoms with Crippen LogP contribution in [-0.4, -0.2) is 10.8 Å². The van der Waals surface area contributed by atoms with E-state index < -0.39 is 11.6 Å². The van der Waals surface area contributed by atoms with Crippen LogP contribution in [0.4, 0.5) is 8.78 Å². The quantitative estimate of drug-likeness (QED) is 0.669. The fraction of sp³-hybridized carbons (Fsp3) is 0.143. The number of nitrogens with two attached hydrogens (primary N) is 1. The molecule has 0 amide bonds. The summed E-state index contributed by atoms with van der Waals surface area (Å²) in [7, 11) is 0. The number of nitrogens with zero attached hydrogens (tertiary/aromatic N) is 1. The fourth-order valence-corrected chi connectivity index (χ4v) is 1.92. The molecule has 0 fully saturated rings. The van der Waals surface area contributed by atoms with Crippen LogP contribution in [0.15, 0.2) is 24.3 Å². The maximum Gasteiger partial charge on any atom is 0.141 e. The maximum atomic E-state index is 13.1. The summed E-state index contributed by atoms with van der Waals surface area (Å²) in [5, 5.41) is 7.55. The molecule has 0 spiro atoms. The fourth-order valence-electron chi connectivity index (χ4n) is 1.92. The Labute approximate surface area is 114 Å². The van der Waals surface area contributed by atoms with Crippen molar-refractivity contribution in [1.29, 1.82) is 5.41 Å². The van der Waals surface area contributed by atoms with Crippen molar-refractivity contribution in [2.45, 2.75) is 13.8 Å². The number of pyridine rings is 1. The Morgan fingerprint density at radius 2 is 1.75 bits per heavy atom. The highest BCUT2D eigenvalue weighted by atomic mass is 19.1. The monoisotopic (exact) mass is 277 g/mol. The third kappa shape index (κ3) is 2.90. The van der Waals surface area contributed by atoms with Crippen molar-refractivity contribution < 1.29 is 13.5 Å². The van der Waals surface area contributed by atoms with Crippen molar-refractivity contribution in [2.24, 2.45) is 5.73 Å². The lowest BCUT2D eigenvalue weighted by Gasteiger charge is -2.13. The van der Waals surface area contributed by atoms with Crippen LogP contribution in [0.1, 0.15) is 17.0 Å². The smallest absolute Gasteiger partial charge is 0.141 e. The summed E-state index contributed by atoms with van der Waals surface area (Å²) >= 11 is 0. The molecule has 0 atom stereocenters. The SMILES string of the molecule is Cc1cc(Oc2cc(F)cc(F)c2)c(C(=N)N)c(C)n1. The van der Waals surface area contributed by atoms with Crippen molar-refractivity contribution in [3.63, 3.8) is 0 Å². The van der Waals surface area contributed by atoms with Crippen molar-refractivity contribution in [1.82, 2.24) is 4.98 Å². The second-order valence-electron chi connectivity index (χ2n) is 4.34. The van der Waals surface area contributed by atoms with E-state index in [4.69, 9.17) is 15.9 Å². The predicted molar refractivity (Wildman–Crippen MR) is 71.2 cm³/mol. The maximum absolute atomic E-state index is 13.1. The molecule has 0 aliphatic heterocycles. The Morgan fingerprint density at radius 1 is 1.15 bits per heavy atom. The number of hydrogen-bond acceptors (Lipinski definition) is 3. The number of aromatic nitrogens is 1. The summed E-state index contributed by atoms with van der Waals surface area (Å²) in [5.74, 6) is -1.47. The third-order valence-electron chi connectivity index (χ3n) is 2.63. The summed E-state index contributed by atoms with van der Waals surface area (Å²) < 4.78 is 31.8. The molecule has 3 N–H and O–H groups in total. The molecule has 20 heavy (non-hydrogen) atoms. The minimum atomic E-state index is -0.744. The van der Waals surface area contributed by atoms with Crippen molar-refractivity contribution in [2.75, 3.05) is 0 Å². The van der Waals surface area contributed by atoms with E-state index in [-0.39, 0.29) is 17.3 Å². The average molecular weight is 277 g/mol. The zero-order valence-electron chi connectivity index (χ0n) is 11.0. The number of halogens is 2. The van der Waals surface area contributed by atoms with Crippen molar-refractivity contribution >= 4 is 5.84 Å². The van der Waals surface area contributed by atoms with E-state index in [9.17, 15) is 8.78 Å². The molecule has 4 nitrogen and oxygen atoms in total. The summed E-state index contributed by atoms with van der Waals surface area (Å²) in [6.45, 7) is 3.43. The number of ether oxygens (including phenoxy) is 1. The van der Waals surface area contributed by atoms with E-state index in [1.165, 1.54) is 0 Å². The van der Waals surface area contributed by atoms with Gasteiger partial charge >= 0.3 is 0 Å². The van der Waals surface area contributed by atoms with Crippen LogP contribution in [0.5, 0.6) is 11.5 Å². The van der Waals surface area contributed by atoms with Gasteiger partial charge in [-0.05, 0) is 13.8 Å². The molecule has 0 aliphatic carbocycles. The highest BCUT2D eigenvalue weighted by Gasteiger charge is 2.14. The van der Waals surface area contributed by atoms with Gasteiger partial charge < -0.3 is 10.5 Å². The highest BCUT2D eigenvalue weighted by molar-refractivity contribution is 5.98. The van der Waals surface area contributed by atoms with Crippen LogP contribution in [0.3, 0.4) is 0 Å². The lowest BCUT2D eigenvalue weighted by atomic mass is 10.1. The predicted octanol–water partition coefficient (Wildman–Crippen LogP) is 3.05. The molecule has 0 saturated heterocycles. The van der Waals surface area contributed by atoms with Crippen LogP contribution in [-0.2, 0) is 0 Å². The first-order valence-electron chi connectivity index (χ1n) is 5.83. The minimum absolute atomic E-state index is 0.00463. The molecule has 2 rings (SSSR count). The lowest BCUT2D eigenvalue weighted by molar-refractivity contribution is 0.465.